The van der Waals surface area contributed by atoms with Gasteiger partial charge in [-0.25, -0.2) is 4.79 Å². The summed E-state index contributed by atoms with van der Waals surface area (Å²) in [5, 5.41) is 24.8. The normalized spacial score (nSPS) is 14.2. The summed E-state index contributed by atoms with van der Waals surface area (Å²) in [6, 6.07) is 39.3. The van der Waals surface area contributed by atoms with Gasteiger partial charge in [0.2, 0.25) is 11.5 Å². The number of phenolic OH excluding ortho intramolecular Hbond substituents is 1. The molecule has 6 aromatic rings. The Morgan fingerprint density at radius 1 is 0.841 bits per heavy atom. The minimum atomic E-state index is -0.741. The number of para-hydroxylation sites is 1. The molecular formula is C52H56N4O7. The van der Waals surface area contributed by atoms with Gasteiger partial charge >= 0.3 is 6.09 Å². The van der Waals surface area contributed by atoms with Gasteiger partial charge in [-0.05, 0) is 109 Å². The van der Waals surface area contributed by atoms with Crippen LogP contribution >= 0.6 is 0 Å². The maximum atomic E-state index is 13.2. The van der Waals surface area contributed by atoms with Gasteiger partial charge in [0, 0.05) is 67.8 Å². The number of phenols is 1. The molecule has 0 bridgehead atoms. The molecule has 0 spiro atoms. The number of aromatic amines is 1. The van der Waals surface area contributed by atoms with E-state index in [1.165, 1.54) is 17.7 Å². The van der Waals surface area contributed by atoms with E-state index in [9.17, 15) is 29.4 Å². The van der Waals surface area contributed by atoms with Crippen LogP contribution in [0.5, 0.6) is 5.75 Å². The highest BCUT2D eigenvalue weighted by Crippen LogP contribution is 2.32. The zero-order chi connectivity index (χ0) is 44.3. The monoisotopic (exact) mass is 848 g/mol. The number of amides is 2. The van der Waals surface area contributed by atoms with Gasteiger partial charge in [0.25, 0.3) is 0 Å². The predicted octanol–water partition coefficient (Wildman–Crippen LogP) is 9.47. The number of hydrogen-bond acceptors (Lipinski definition) is 8. The van der Waals surface area contributed by atoms with E-state index in [0.717, 1.165) is 48.3 Å². The second-order valence-corrected chi connectivity index (χ2v) is 16.7. The van der Waals surface area contributed by atoms with Gasteiger partial charge < -0.3 is 29.7 Å². The van der Waals surface area contributed by atoms with E-state index in [2.05, 4.69) is 34.3 Å². The van der Waals surface area contributed by atoms with Crippen LogP contribution in [0.4, 0.5) is 16.2 Å². The van der Waals surface area contributed by atoms with Crippen LogP contribution in [-0.4, -0.2) is 70.7 Å². The zero-order valence-electron chi connectivity index (χ0n) is 36.0. The molecule has 1 aliphatic heterocycles. The third-order valence-corrected chi connectivity index (χ3v) is 12.1. The average molecular weight is 849 g/mol. The van der Waals surface area contributed by atoms with E-state index in [1.54, 1.807) is 36.2 Å². The number of aromatic nitrogens is 1. The molecule has 1 aliphatic rings. The van der Waals surface area contributed by atoms with Gasteiger partial charge in [-0.1, -0.05) is 85.8 Å². The summed E-state index contributed by atoms with van der Waals surface area (Å²) in [7, 11) is 1.76. The third kappa shape index (κ3) is 11.9. The van der Waals surface area contributed by atoms with E-state index in [-0.39, 0.29) is 35.0 Å². The summed E-state index contributed by atoms with van der Waals surface area (Å²) in [5.41, 5.74) is 6.92. The van der Waals surface area contributed by atoms with E-state index < -0.39 is 12.2 Å². The van der Waals surface area contributed by atoms with Gasteiger partial charge in [-0.3, -0.25) is 19.7 Å². The highest BCUT2D eigenvalue weighted by atomic mass is 16.6. The number of ether oxygens (including phenoxy) is 1. The number of H-pyrrole nitrogens is 1. The summed E-state index contributed by atoms with van der Waals surface area (Å²) in [6.45, 7) is 4.22. The second-order valence-electron chi connectivity index (χ2n) is 16.7. The van der Waals surface area contributed by atoms with E-state index in [0.29, 0.717) is 72.8 Å². The number of rotatable bonds is 17. The number of anilines is 2. The SMILES string of the molecule is C[C@H](CC[C@H](O)c1ccc(O)c2[nH]c(=O)ccc12)Cc1cccc(CCC(=O)c2ccc(N(C)C(=O)CCN3CCC(OC(=O)Nc4ccccc4-c4ccccc4)CC3)cc2)c1. The summed E-state index contributed by atoms with van der Waals surface area (Å²) in [5.74, 6) is 0.284. The number of fused-ring (bicyclic) bond motifs is 1. The number of Topliss-reactive ketones (excluding diaryl/α,β-unsaturated/α-hetero) is 1. The highest BCUT2D eigenvalue weighted by molar-refractivity contribution is 5.98. The highest BCUT2D eigenvalue weighted by Gasteiger charge is 2.24. The average Bonchev–Trinajstić information content (AvgIpc) is 3.30. The van der Waals surface area contributed by atoms with Gasteiger partial charge in [0.1, 0.15) is 11.9 Å². The van der Waals surface area contributed by atoms with Crippen molar-refractivity contribution in [3.05, 3.63) is 160 Å². The number of likely N-dealkylation sites (tertiary alicyclic amines) is 1. The van der Waals surface area contributed by atoms with Crippen molar-refractivity contribution in [2.24, 2.45) is 5.92 Å². The number of carbonyl (C=O) groups excluding carboxylic acids is 3. The molecule has 11 heteroatoms. The second kappa shape index (κ2) is 21.0. The number of nitrogens with one attached hydrogen (secondary N) is 2. The van der Waals surface area contributed by atoms with Crippen molar-refractivity contribution in [3.8, 4) is 16.9 Å². The lowest BCUT2D eigenvalue weighted by Gasteiger charge is -2.31. The fourth-order valence-corrected chi connectivity index (χ4v) is 8.41. The molecule has 1 fully saturated rings. The van der Waals surface area contributed by atoms with Gasteiger partial charge in [-0.2, -0.15) is 0 Å². The van der Waals surface area contributed by atoms with Crippen molar-refractivity contribution in [2.75, 3.05) is 36.9 Å². The number of aliphatic hydroxyl groups is 1. The van der Waals surface area contributed by atoms with E-state index in [1.807, 2.05) is 78.9 Å². The summed E-state index contributed by atoms with van der Waals surface area (Å²) >= 11 is 0. The van der Waals surface area contributed by atoms with Crippen LogP contribution in [0.3, 0.4) is 0 Å². The minimum absolute atomic E-state index is 0.0149. The number of carbonyl (C=O) groups is 3. The number of aryl methyl sites for hydroxylation is 1. The number of benzene rings is 5. The largest absolute Gasteiger partial charge is 0.506 e. The maximum Gasteiger partial charge on any atom is 0.411 e. The number of piperidine rings is 1. The lowest BCUT2D eigenvalue weighted by molar-refractivity contribution is -0.118. The predicted molar refractivity (Wildman–Crippen MR) is 248 cm³/mol. The Hall–Kier alpha value is -6.56. The molecule has 0 saturated carbocycles. The molecular weight excluding hydrogens is 793 g/mol. The number of aliphatic hydroxyl groups excluding tert-OH is 1. The van der Waals surface area contributed by atoms with E-state index in [4.69, 9.17) is 4.74 Å². The number of aromatic hydroxyl groups is 1. The zero-order valence-corrected chi connectivity index (χ0v) is 36.0. The molecule has 2 amide bonds. The summed E-state index contributed by atoms with van der Waals surface area (Å²) < 4.78 is 5.78. The standard InChI is InChI=1S/C52H56N4O7/c1-35(15-23-47(58)43-21-25-48(59)51-44(43)22-26-49(60)54-51)33-37-10-8-9-36(34-37)16-24-46(57)39-17-19-40(20-18-39)55(2)50(61)29-32-56-30-27-41(28-31-56)63-52(62)53-45-14-7-6-13-42(45)38-11-4-3-5-12-38/h3-14,17-22,25-26,34-35,41,47,58-59H,15-16,23-24,27-33H2,1-2H3,(H,53,62)(H,54,60)/t35-,47+/m1/s1. The van der Waals surface area contributed by atoms with Gasteiger partial charge in [0.15, 0.2) is 5.78 Å². The number of nitrogens with zero attached hydrogens (tertiary/aromatic N) is 2. The van der Waals surface area contributed by atoms with Crippen molar-refractivity contribution < 1.29 is 29.3 Å². The first-order valence-corrected chi connectivity index (χ1v) is 21.9. The van der Waals surface area contributed by atoms with Crippen LogP contribution in [0, 0.1) is 5.92 Å². The Bertz CT molecular complexity index is 2570. The Labute approximate surface area is 368 Å². The quantitative estimate of drug-likeness (QED) is 0.0663. The van der Waals surface area contributed by atoms with Crippen LogP contribution in [0.1, 0.15) is 78.6 Å². The topological polar surface area (TPSA) is 152 Å². The van der Waals surface area contributed by atoms with Gasteiger partial charge in [-0.15, -0.1) is 0 Å². The molecule has 5 aromatic carbocycles. The Kier molecular flexibility index (Phi) is 14.8. The first-order chi connectivity index (χ1) is 30.5. The lowest BCUT2D eigenvalue weighted by Crippen LogP contribution is -2.40. The first-order valence-electron chi connectivity index (χ1n) is 21.9. The third-order valence-electron chi connectivity index (χ3n) is 12.1. The Balaban J connectivity index is 0.807. The summed E-state index contributed by atoms with van der Waals surface area (Å²) in [4.78, 5) is 57.5. The lowest BCUT2D eigenvalue weighted by atomic mass is 9.91. The molecule has 0 aliphatic carbocycles. The molecule has 2 heterocycles. The van der Waals surface area contributed by atoms with Crippen molar-refractivity contribution in [1.82, 2.24) is 9.88 Å². The fraction of sp³-hybridized carbons (Fsp3) is 0.308. The molecule has 1 saturated heterocycles. The smallest absolute Gasteiger partial charge is 0.411 e. The summed E-state index contributed by atoms with van der Waals surface area (Å²) in [6.07, 6.45) is 3.43. The van der Waals surface area contributed by atoms with Crippen molar-refractivity contribution >= 4 is 40.1 Å². The van der Waals surface area contributed by atoms with Crippen molar-refractivity contribution in [1.29, 1.82) is 0 Å². The van der Waals surface area contributed by atoms with Crippen molar-refractivity contribution in [3.63, 3.8) is 0 Å². The molecule has 7 rings (SSSR count). The molecule has 326 valence electrons. The van der Waals surface area contributed by atoms with Crippen LogP contribution in [-0.2, 0) is 22.4 Å². The number of pyridine rings is 1. The van der Waals surface area contributed by atoms with Crippen LogP contribution in [0.25, 0.3) is 22.0 Å². The fourth-order valence-electron chi connectivity index (χ4n) is 8.41. The van der Waals surface area contributed by atoms with Gasteiger partial charge in [0.05, 0.1) is 17.3 Å². The molecule has 63 heavy (non-hydrogen) atoms. The maximum absolute atomic E-state index is 13.2. The Morgan fingerprint density at radius 3 is 2.35 bits per heavy atom. The Morgan fingerprint density at radius 2 is 1.57 bits per heavy atom. The van der Waals surface area contributed by atoms with Crippen LogP contribution in [0.15, 0.2) is 132 Å². The molecule has 2 atom stereocenters. The molecule has 0 radical (unpaired) electrons. The van der Waals surface area contributed by atoms with E-state index >= 15 is 0 Å². The van der Waals surface area contributed by atoms with Crippen LogP contribution in [0.2, 0.25) is 0 Å². The molecule has 0 unspecified atom stereocenters. The molecule has 4 N–H and O–H groups in total. The van der Waals surface area contributed by atoms with Crippen LogP contribution < -0.4 is 15.8 Å². The number of ketones is 1. The first kappa shape index (κ1) is 44.5. The molecule has 1 aromatic heterocycles. The molecule has 11 nitrogen and oxygen atoms in total. The van der Waals surface area contributed by atoms with Crippen molar-refractivity contribution in [2.45, 2.75) is 70.5 Å². The minimum Gasteiger partial charge on any atom is -0.506 e. The number of hydrogen-bond donors (Lipinski definition) is 4.